The molecule has 0 aliphatic carbocycles. The maximum Gasteiger partial charge on any atom is 0.161 e. The van der Waals surface area contributed by atoms with Gasteiger partial charge in [-0.25, -0.2) is 13.2 Å². The molecule has 0 fully saturated rings. The minimum atomic E-state index is -1.20. The SMILES string of the molecule is CONCc1cc(F)c(F)cc1F. The van der Waals surface area contributed by atoms with Gasteiger partial charge >= 0.3 is 0 Å². The molecule has 0 saturated heterocycles. The van der Waals surface area contributed by atoms with E-state index in [4.69, 9.17) is 0 Å². The van der Waals surface area contributed by atoms with Crippen molar-refractivity contribution in [2.75, 3.05) is 7.11 Å². The van der Waals surface area contributed by atoms with Crippen molar-refractivity contribution in [3.05, 3.63) is 35.1 Å². The molecule has 0 amide bonds. The number of nitrogens with one attached hydrogen (secondary N) is 1. The fourth-order valence-electron chi connectivity index (χ4n) is 0.849. The first-order chi connectivity index (χ1) is 6.15. The molecular weight excluding hydrogens is 183 g/mol. The second kappa shape index (κ2) is 4.25. The average Bonchev–Trinajstić information content (AvgIpc) is 2.09. The Morgan fingerprint density at radius 2 is 1.77 bits per heavy atom. The van der Waals surface area contributed by atoms with Crippen LogP contribution in [0.15, 0.2) is 12.1 Å². The van der Waals surface area contributed by atoms with Crippen molar-refractivity contribution >= 4 is 0 Å². The summed E-state index contributed by atoms with van der Waals surface area (Å²) in [6.45, 7) is -0.0144. The van der Waals surface area contributed by atoms with Gasteiger partial charge in [0.25, 0.3) is 0 Å². The van der Waals surface area contributed by atoms with Crippen molar-refractivity contribution in [1.29, 1.82) is 0 Å². The topological polar surface area (TPSA) is 21.3 Å². The van der Waals surface area contributed by atoms with Crippen molar-refractivity contribution in [1.82, 2.24) is 5.48 Å². The summed E-state index contributed by atoms with van der Waals surface area (Å²) >= 11 is 0. The minimum absolute atomic E-state index is 0.0144. The van der Waals surface area contributed by atoms with E-state index < -0.39 is 17.5 Å². The van der Waals surface area contributed by atoms with Gasteiger partial charge in [0.15, 0.2) is 11.6 Å². The molecule has 0 aromatic heterocycles. The average molecular weight is 191 g/mol. The first kappa shape index (κ1) is 10.0. The zero-order chi connectivity index (χ0) is 9.84. The summed E-state index contributed by atoms with van der Waals surface area (Å²) in [7, 11) is 1.35. The third-order valence-electron chi connectivity index (χ3n) is 1.50. The van der Waals surface area contributed by atoms with Crippen LogP contribution in [0.5, 0.6) is 0 Å². The van der Waals surface area contributed by atoms with Gasteiger partial charge in [-0.15, -0.1) is 0 Å². The summed E-state index contributed by atoms with van der Waals surface area (Å²) in [4.78, 5) is 4.44. The summed E-state index contributed by atoms with van der Waals surface area (Å²) in [5.41, 5.74) is 2.34. The molecular formula is C8H8F3NO. The van der Waals surface area contributed by atoms with Gasteiger partial charge in [0.1, 0.15) is 5.82 Å². The van der Waals surface area contributed by atoms with Gasteiger partial charge in [0, 0.05) is 18.2 Å². The Bertz CT molecular complexity index is 304. The van der Waals surface area contributed by atoms with E-state index in [9.17, 15) is 13.2 Å². The number of halogens is 3. The van der Waals surface area contributed by atoms with Crippen LogP contribution in [0.3, 0.4) is 0 Å². The molecule has 13 heavy (non-hydrogen) atoms. The lowest BCUT2D eigenvalue weighted by Gasteiger charge is -2.04. The lowest BCUT2D eigenvalue weighted by molar-refractivity contribution is 0.0858. The molecule has 0 saturated carbocycles. The van der Waals surface area contributed by atoms with E-state index in [1.807, 2.05) is 0 Å². The van der Waals surface area contributed by atoms with Crippen molar-refractivity contribution in [2.24, 2.45) is 0 Å². The van der Waals surface area contributed by atoms with E-state index in [1.165, 1.54) is 7.11 Å². The van der Waals surface area contributed by atoms with E-state index in [1.54, 1.807) is 0 Å². The van der Waals surface area contributed by atoms with Gasteiger partial charge in [0.2, 0.25) is 0 Å². The van der Waals surface area contributed by atoms with Gasteiger partial charge in [-0.1, -0.05) is 0 Å². The van der Waals surface area contributed by atoms with Gasteiger partial charge in [-0.3, -0.25) is 0 Å². The Labute approximate surface area is 73.3 Å². The summed E-state index contributed by atoms with van der Waals surface area (Å²) in [5, 5.41) is 0. The smallest absolute Gasteiger partial charge is 0.161 e. The van der Waals surface area contributed by atoms with Crippen LogP contribution in [-0.4, -0.2) is 7.11 Å². The molecule has 5 heteroatoms. The van der Waals surface area contributed by atoms with Crippen molar-refractivity contribution < 1.29 is 18.0 Å². The zero-order valence-corrected chi connectivity index (χ0v) is 6.90. The highest BCUT2D eigenvalue weighted by Gasteiger charge is 2.08. The van der Waals surface area contributed by atoms with Crippen LogP contribution < -0.4 is 5.48 Å². The number of hydrogen-bond acceptors (Lipinski definition) is 2. The highest BCUT2D eigenvalue weighted by atomic mass is 19.2. The first-order valence-electron chi connectivity index (χ1n) is 3.54. The molecule has 1 N–H and O–H groups in total. The molecule has 1 rings (SSSR count). The number of benzene rings is 1. The lowest BCUT2D eigenvalue weighted by atomic mass is 10.2. The maximum absolute atomic E-state index is 12.9. The highest BCUT2D eigenvalue weighted by molar-refractivity contribution is 5.19. The number of hydroxylamine groups is 1. The second-order valence-electron chi connectivity index (χ2n) is 2.38. The van der Waals surface area contributed by atoms with E-state index >= 15 is 0 Å². The fraction of sp³-hybridized carbons (Fsp3) is 0.250. The molecule has 0 spiro atoms. The summed E-state index contributed by atoms with van der Waals surface area (Å²) in [5.74, 6) is -3.07. The normalized spacial score (nSPS) is 10.5. The first-order valence-corrected chi connectivity index (χ1v) is 3.54. The van der Waals surface area contributed by atoms with Gasteiger partial charge in [-0.2, -0.15) is 5.48 Å². The predicted octanol–water partition coefficient (Wildman–Crippen LogP) is 1.75. The molecule has 2 nitrogen and oxygen atoms in total. The van der Waals surface area contributed by atoms with Crippen molar-refractivity contribution in [3.63, 3.8) is 0 Å². The largest absolute Gasteiger partial charge is 0.305 e. The molecule has 1 aromatic carbocycles. The fourth-order valence-corrected chi connectivity index (χ4v) is 0.849. The monoisotopic (exact) mass is 191 g/mol. The minimum Gasteiger partial charge on any atom is -0.305 e. The van der Waals surface area contributed by atoms with E-state index in [-0.39, 0.29) is 12.1 Å². The van der Waals surface area contributed by atoms with Crippen LogP contribution in [0.1, 0.15) is 5.56 Å². The van der Waals surface area contributed by atoms with Gasteiger partial charge in [0.05, 0.1) is 7.11 Å². The molecule has 0 heterocycles. The van der Waals surface area contributed by atoms with Crippen molar-refractivity contribution in [2.45, 2.75) is 6.54 Å². The third-order valence-corrected chi connectivity index (χ3v) is 1.50. The second-order valence-corrected chi connectivity index (χ2v) is 2.38. The summed E-state index contributed by atoms with van der Waals surface area (Å²) in [6.07, 6.45) is 0. The van der Waals surface area contributed by atoms with Crippen LogP contribution in [0.2, 0.25) is 0 Å². The van der Waals surface area contributed by atoms with Crippen LogP contribution in [0.25, 0.3) is 0 Å². The molecule has 1 aromatic rings. The van der Waals surface area contributed by atoms with Crippen LogP contribution in [0.4, 0.5) is 13.2 Å². The molecule has 0 bridgehead atoms. The number of rotatable bonds is 3. The van der Waals surface area contributed by atoms with Gasteiger partial charge < -0.3 is 4.84 Å². The van der Waals surface area contributed by atoms with E-state index in [0.29, 0.717) is 6.07 Å². The molecule has 0 radical (unpaired) electrons. The zero-order valence-electron chi connectivity index (χ0n) is 6.90. The van der Waals surface area contributed by atoms with Crippen molar-refractivity contribution in [3.8, 4) is 0 Å². The van der Waals surface area contributed by atoms with E-state index in [0.717, 1.165) is 6.07 Å². The highest BCUT2D eigenvalue weighted by Crippen LogP contribution is 2.13. The van der Waals surface area contributed by atoms with Crippen LogP contribution in [0, 0.1) is 17.5 Å². The quantitative estimate of drug-likeness (QED) is 0.580. The predicted molar refractivity (Wildman–Crippen MR) is 40.2 cm³/mol. The third kappa shape index (κ3) is 2.43. The summed E-state index contributed by atoms with van der Waals surface area (Å²) in [6, 6.07) is 1.29. The Morgan fingerprint density at radius 3 is 2.38 bits per heavy atom. The molecule has 72 valence electrons. The Kier molecular flexibility index (Phi) is 3.27. The molecule has 0 atom stereocenters. The van der Waals surface area contributed by atoms with Gasteiger partial charge in [-0.05, 0) is 6.07 Å². The molecule has 0 aliphatic heterocycles. The van der Waals surface area contributed by atoms with E-state index in [2.05, 4.69) is 10.3 Å². The van der Waals surface area contributed by atoms with Crippen LogP contribution in [-0.2, 0) is 11.4 Å². The molecule has 0 unspecified atom stereocenters. The Balaban J connectivity index is 2.88. The summed E-state index contributed by atoms with van der Waals surface area (Å²) < 4.78 is 37.8. The standard InChI is InChI=1S/C8H8F3NO/c1-13-12-4-5-2-7(10)8(11)3-6(5)9/h2-3,12H,4H2,1H3. The Hall–Kier alpha value is -1.07. The molecule has 0 aliphatic rings. The Morgan fingerprint density at radius 1 is 1.15 bits per heavy atom. The lowest BCUT2D eigenvalue weighted by Crippen LogP contribution is -2.12. The van der Waals surface area contributed by atoms with Crippen LogP contribution >= 0.6 is 0 Å². The maximum atomic E-state index is 12.9. The number of hydrogen-bond donors (Lipinski definition) is 1.